The van der Waals surface area contributed by atoms with Crippen molar-refractivity contribution in [3.8, 4) is 0 Å². The molecule has 4 rings (SSSR count). The van der Waals surface area contributed by atoms with Crippen molar-refractivity contribution in [1.82, 2.24) is 5.32 Å². The smallest absolute Gasteiger partial charge is 0.302 e. The van der Waals surface area contributed by atoms with Gasteiger partial charge in [-0.3, -0.25) is 14.4 Å². The molecule has 28 heavy (non-hydrogen) atoms. The molecule has 8 atom stereocenters. The van der Waals surface area contributed by atoms with Crippen molar-refractivity contribution in [2.75, 3.05) is 4.43 Å². The van der Waals surface area contributed by atoms with E-state index in [1.54, 1.807) is 0 Å². The topological polar surface area (TPSA) is 72.5 Å². The van der Waals surface area contributed by atoms with Gasteiger partial charge in [-0.25, -0.2) is 0 Å². The molecular weight excluding hydrogens is 469 g/mol. The highest BCUT2D eigenvalue weighted by atomic mass is 127. The van der Waals surface area contributed by atoms with Crippen LogP contribution in [0.3, 0.4) is 0 Å². The van der Waals surface area contributed by atoms with Gasteiger partial charge in [-0.15, -0.1) is 0 Å². The first-order valence-corrected chi connectivity index (χ1v) is 12.3. The molecule has 0 aromatic carbocycles. The van der Waals surface area contributed by atoms with E-state index in [9.17, 15) is 14.4 Å². The van der Waals surface area contributed by atoms with E-state index in [-0.39, 0.29) is 46.7 Å². The van der Waals surface area contributed by atoms with Gasteiger partial charge in [0.15, 0.2) is 0 Å². The lowest BCUT2D eigenvalue weighted by Crippen LogP contribution is -2.65. The first-order chi connectivity index (χ1) is 13.2. The van der Waals surface area contributed by atoms with Gasteiger partial charge < -0.3 is 10.1 Å². The van der Waals surface area contributed by atoms with Gasteiger partial charge in [0.25, 0.3) is 0 Å². The zero-order valence-electron chi connectivity index (χ0n) is 17.1. The third kappa shape index (κ3) is 3.03. The number of Topliss-reactive ketones (excluding diaryl/α,β-unsaturated/α-hetero) is 1. The number of alkyl halides is 1. The van der Waals surface area contributed by atoms with Crippen molar-refractivity contribution in [3.05, 3.63) is 0 Å². The standard InChI is InChI=1S/C22H32INO4/c1-12(25)28-17-10-22(3)14(5-6-15(22)16(26)11-23)13-4-7-18-21(2,20(13)17)9-8-19(27)24-18/h13-15,17-18,20H,4-11H2,1-3H3,(H,24,27)/t13-,14-,15+,17+,18+,20+,21-,22-/m0/s1. The highest BCUT2D eigenvalue weighted by molar-refractivity contribution is 14.1. The Kier molecular flexibility index (Phi) is 5.33. The monoisotopic (exact) mass is 501 g/mol. The van der Waals surface area contributed by atoms with Gasteiger partial charge in [-0.05, 0) is 61.2 Å². The number of nitrogens with one attached hydrogen (secondary N) is 1. The van der Waals surface area contributed by atoms with E-state index in [4.69, 9.17) is 4.74 Å². The van der Waals surface area contributed by atoms with Crippen LogP contribution in [0, 0.1) is 34.5 Å². The third-order valence-electron chi connectivity index (χ3n) is 8.84. The van der Waals surface area contributed by atoms with Crippen molar-refractivity contribution < 1.29 is 19.1 Å². The molecule has 1 N–H and O–H groups in total. The molecule has 0 bridgehead atoms. The Hall–Kier alpha value is -0.660. The van der Waals surface area contributed by atoms with Gasteiger partial charge in [-0.1, -0.05) is 36.4 Å². The predicted octanol–water partition coefficient (Wildman–Crippen LogP) is 3.67. The summed E-state index contributed by atoms with van der Waals surface area (Å²) in [6.07, 6.45) is 6.15. The van der Waals surface area contributed by atoms with E-state index in [1.807, 2.05) is 0 Å². The van der Waals surface area contributed by atoms with Crippen molar-refractivity contribution in [2.45, 2.75) is 77.9 Å². The molecule has 6 heteroatoms. The number of esters is 1. The van der Waals surface area contributed by atoms with Crippen molar-refractivity contribution in [1.29, 1.82) is 0 Å². The zero-order chi connectivity index (χ0) is 20.3. The maximum atomic E-state index is 12.7. The number of ether oxygens (including phenoxy) is 1. The summed E-state index contributed by atoms with van der Waals surface area (Å²) in [6, 6.07) is 0.172. The van der Waals surface area contributed by atoms with Gasteiger partial charge in [0.2, 0.25) is 5.91 Å². The summed E-state index contributed by atoms with van der Waals surface area (Å²) in [5.41, 5.74) is -0.117. The van der Waals surface area contributed by atoms with Crippen LogP contribution >= 0.6 is 22.6 Å². The van der Waals surface area contributed by atoms with E-state index >= 15 is 0 Å². The number of amides is 1. The second kappa shape index (κ2) is 7.24. The molecule has 1 aliphatic heterocycles. The van der Waals surface area contributed by atoms with Crippen LogP contribution in [-0.2, 0) is 19.1 Å². The number of halogens is 1. The maximum absolute atomic E-state index is 12.7. The first kappa shape index (κ1) is 20.6. The first-order valence-electron chi connectivity index (χ1n) is 10.8. The summed E-state index contributed by atoms with van der Waals surface area (Å²) in [5, 5.41) is 3.24. The zero-order valence-corrected chi connectivity index (χ0v) is 19.3. The van der Waals surface area contributed by atoms with Gasteiger partial charge in [0, 0.05) is 31.2 Å². The Morgan fingerprint density at radius 2 is 1.93 bits per heavy atom. The van der Waals surface area contributed by atoms with E-state index in [1.165, 1.54) is 6.92 Å². The molecule has 1 heterocycles. The number of carbonyl (C=O) groups excluding carboxylic acids is 3. The van der Waals surface area contributed by atoms with Crippen LogP contribution in [0.4, 0.5) is 0 Å². The molecule has 4 fully saturated rings. The quantitative estimate of drug-likeness (QED) is 0.364. The van der Waals surface area contributed by atoms with Gasteiger partial charge in [0.05, 0.1) is 4.43 Å². The Bertz CT molecular complexity index is 696. The van der Waals surface area contributed by atoms with Crippen LogP contribution in [0.2, 0.25) is 0 Å². The highest BCUT2D eigenvalue weighted by Crippen LogP contribution is 2.66. The fourth-order valence-electron chi connectivity index (χ4n) is 7.74. The molecule has 0 radical (unpaired) electrons. The fraction of sp³-hybridized carbons (Fsp3) is 0.864. The SMILES string of the molecule is CC(=O)O[C@@H]1C[C@]2(C)[C@@H](C(=O)CI)CC[C@H]2[C@@H]2CC[C@H]3NC(=O)CC[C@]3(C)[C@H]21. The number of fused-ring (bicyclic) bond motifs is 5. The summed E-state index contributed by atoms with van der Waals surface area (Å²) in [5.74, 6) is 1.61. The number of hydrogen-bond donors (Lipinski definition) is 1. The van der Waals surface area contributed by atoms with Crippen LogP contribution in [-0.4, -0.2) is 34.2 Å². The minimum Gasteiger partial charge on any atom is -0.462 e. The molecular formula is C22H32INO4. The molecule has 0 aromatic heterocycles. The molecule has 1 saturated heterocycles. The van der Waals surface area contributed by atoms with Crippen LogP contribution in [0.25, 0.3) is 0 Å². The second-order valence-corrected chi connectivity index (χ2v) is 10.8. The summed E-state index contributed by atoms with van der Waals surface area (Å²) in [7, 11) is 0. The van der Waals surface area contributed by atoms with Gasteiger partial charge >= 0.3 is 5.97 Å². The largest absolute Gasteiger partial charge is 0.462 e. The molecule has 0 unspecified atom stereocenters. The van der Waals surface area contributed by atoms with E-state index in [0.29, 0.717) is 28.5 Å². The average Bonchev–Trinajstić information content (AvgIpc) is 2.97. The summed E-state index contributed by atoms with van der Waals surface area (Å²) >= 11 is 2.19. The lowest BCUT2D eigenvalue weighted by Gasteiger charge is -2.62. The normalized spacial score (nSPS) is 47.4. The minimum absolute atomic E-state index is 0.0381. The number of hydrogen-bond acceptors (Lipinski definition) is 4. The Balaban J connectivity index is 1.72. The highest BCUT2D eigenvalue weighted by Gasteiger charge is 2.65. The van der Waals surface area contributed by atoms with Crippen LogP contribution in [0.5, 0.6) is 0 Å². The number of ketones is 1. The van der Waals surface area contributed by atoms with Gasteiger partial charge in [-0.2, -0.15) is 0 Å². The molecule has 0 aromatic rings. The minimum atomic E-state index is -0.230. The van der Waals surface area contributed by atoms with Crippen molar-refractivity contribution >= 4 is 40.3 Å². The summed E-state index contributed by atoms with van der Waals surface area (Å²) in [6.45, 7) is 6.08. The molecule has 4 aliphatic rings. The Labute approximate surface area is 181 Å². The van der Waals surface area contributed by atoms with Crippen LogP contribution in [0.1, 0.15) is 65.7 Å². The lowest BCUT2D eigenvalue weighted by molar-refractivity contribution is -0.188. The summed E-state index contributed by atoms with van der Waals surface area (Å²) in [4.78, 5) is 36.8. The number of rotatable bonds is 3. The van der Waals surface area contributed by atoms with E-state index in [2.05, 4.69) is 41.8 Å². The third-order valence-corrected chi connectivity index (χ3v) is 9.59. The predicted molar refractivity (Wildman–Crippen MR) is 114 cm³/mol. The van der Waals surface area contributed by atoms with Gasteiger partial charge in [0.1, 0.15) is 11.9 Å². The molecule has 156 valence electrons. The molecule has 3 saturated carbocycles. The summed E-state index contributed by atoms with van der Waals surface area (Å²) < 4.78 is 6.53. The molecule has 5 nitrogen and oxygen atoms in total. The fourth-order valence-corrected chi connectivity index (χ4v) is 8.27. The average molecular weight is 501 g/mol. The Morgan fingerprint density at radius 1 is 1.18 bits per heavy atom. The molecule has 3 aliphatic carbocycles. The number of carbonyl (C=O) groups is 3. The molecule has 0 spiro atoms. The van der Waals surface area contributed by atoms with E-state index < -0.39 is 0 Å². The Morgan fingerprint density at radius 3 is 2.61 bits per heavy atom. The van der Waals surface area contributed by atoms with Crippen molar-refractivity contribution in [3.63, 3.8) is 0 Å². The van der Waals surface area contributed by atoms with Crippen molar-refractivity contribution in [2.24, 2.45) is 34.5 Å². The van der Waals surface area contributed by atoms with Crippen LogP contribution < -0.4 is 5.32 Å². The second-order valence-electron chi connectivity index (χ2n) is 10.1. The van der Waals surface area contributed by atoms with Crippen LogP contribution in [0.15, 0.2) is 0 Å². The number of piperidine rings is 1. The maximum Gasteiger partial charge on any atom is 0.302 e. The molecule has 1 amide bonds. The van der Waals surface area contributed by atoms with E-state index in [0.717, 1.165) is 38.5 Å². The lowest BCUT2D eigenvalue weighted by atomic mass is 9.46.